The number of nitrogens with one attached hydrogen (secondary N) is 1. The molecule has 3 aromatic rings. The summed E-state index contributed by atoms with van der Waals surface area (Å²) in [4.78, 5) is 12.3. The smallest absolute Gasteiger partial charge is 0.254 e. The molecular formula is C22H22FNO3. The van der Waals surface area contributed by atoms with Gasteiger partial charge in [-0.25, -0.2) is 4.39 Å². The molecule has 0 fully saturated rings. The Morgan fingerprint density at radius 2 is 1.89 bits per heavy atom. The summed E-state index contributed by atoms with van der Waals surface area (Å²) in [5.41, 5.74) is 3.16. The van der Waals surface area contributed by atoms with Crippen molar-refractivity contribution < 1.29 is 18.7 Å². The topological polar surface area (TPSA) is 62.5 Å². The molecule has 0 bridgehead atoms. The van der Waals surface area contributed by atoms with E-state index in [-0.39, 0.29) is 24.2 Å². The van der Waals surface area contributed by atoms with Crippen molar-refractivity contribution >= 4 is 5.91 Å². The Balaban J connectivity index is 1.55. The predicted molar refractivity (Wildman–Crippen MR) is 102 cm³/mol. The fourth-order valence-electron chi connectivity index (χ4n) is 2.92. The molecule has 1 atom stereocenters. The standard InChI is InChI=1S/C22H22FNO3/c1-15(9-16-3-2-4-17(10-16)13-25)12-24-22(26)19-11-21(27-14-19)18-5-7-20(23)8-6-18/h2-8,10-11,14-15,25H,9,12-13H2,1H3,(H,24,26). The van der Waals surface area contributed by atoms with E-state index in [1.807, 2.05) is 24.3 Å². The summed E-state index contributed by atoms with van der Waals surface area (Å²) < 4.78 is 18.4. The van der Waals surface area contributed by atoms with Crippen LogP contribution in [-0.2, 0) is 13.0 Å². The number of aliphatic hydroxyl groups excluding tert-OH is 1. The molecule has 2 aromatic carbocycles. The molecule has 3 rings (SSSR count). The van der Waals surface area contributed by atoms with E-state index in [0.29, 0.717) is 23.4 Å². The molecule has 2 N–H and O–H groups in total. The lowest BCUT2D eigenvalue weighted by molar-refractivity contribution is 0.0947. The largest absolute Gasteiger partial charge is 0.464 e. The number of amides is 1. The van der Waals surface area contributed by atoms with Gasteiger partial charge < -0.3 is 14.8 Å². The van der Waals surface area contributed by atoms with Crippen molar-refractivity contribution in [3.05, 3.63) is 83.4 Å². The molecule has 0 aliphatic heterocycles. The molecule has 0 spiro atoms. The Morgan fingerprint density at radius 3 is 2.63 bits per heavy atom. The van der Waals surface area contributed by atoms with Crippen LogP contribution in [0.4, 0.5) is 4.39 Å². The molecule has 1 aromatic heterocycles. The predicted octanol–water partition coefficient (Wildman–Crippen LogP) is 4.19. The van der Waals surface area contributed by atoms with Gasteiger partial charge in [0.1, 0.15) is 17.8 Å². The van der Waals surface area contributed by atoms with Crippen LogP contribution in [0.15, 0.2) is 65.3 Å². The third kappa shape index (κ3) is 5.05. The van der Waals surface area contributed by atoms with Gasteiger partial charge in [-0.15, -0.1) is 0 Å². The maximum Gasteiger partial charge on any atom is 0.254 e. The zero-order chi connectivity index (χ0) is 19.2. The number of rotatable bonds is 7. The van der Waals surface area contributed by atoms with E-state index in [1.165, 1.54) is 18.4 Å². The van der Waals surface area contributed by atoms with Crippen LogP contribution < -0.4 is 5.32 Å². The van der Waals surface area contributed by atoms with Gasteiger partial charge in [0.05, 0.1) is 12.2 Å². The summed E-state index contributed by atoms with van der Waals surface area (Å²) in [6.45, 7) is 2.61. The van der Waals surface area contributed by atoms with E-state index in [2.05, 4.69) is 12.2 Å². The van der Waals surface area contributed by atoms with Gasteiger partial charge in [0.2, 0.25) is 0 Å². The van der Waals surface area contributed by atoms with Crippen LogP contribution in [0.25, 0.3) is 11.3 Å². The van der Waals surface area contributed by atoms with Crippen molar-refractivity contribution in [2.24, 2.45) is 5.92 Å². The highest BCUT2D eigenvalue weighted by molar-refractivity contribution is 5.94. The maximum atomic E-state index is 13.0. The average molecular weight is 367 g/mol. The number of halogens is 1. The molecule has 0 saturated carbocycles. The normalized spacial score (nSPS) is 12.0. The number of benzene rings is 2. The highest BCUT2D eigenvalue weighted by Gasteiger charge is 2.13. The molecule has 27 heavy (non-hydrogen) atoms. The minimum Gasteiger partial charge on any atom is -0.464 e. The highest BCUT2D eigenvalue weighted by Crippen LogP contribution is 2.22. The summed E-state index contributed by atoms with van der Waals surface area (Å²) in [6, 6.07) is 15.4. The van der Waals surface area contributed by atoms with Gasteiger partial charge in [-0.1, -0.05) is 31.2 Å². The molecule has 1 amide bonds. The first-order chi connectivity index (χ1) is 13.0. The van der Waals surface area contributed by atoms with Gasteiger partial charge in [0.15, 0.2) is 0 Å². The Kier molecular flexibility index (Phi) is 6.04. The Bertz CT molecular complexity index is 902. The average Bonchev–Trinajstić information content (AvgIpc) is 3.17. The Hall–Kier alpha value is -2.92. The molecule has 4 nitrogen and oxygen atoms in total. The van der Waals surface area contributed by atoms with Crippen LogP contribution in [-0.4, -0.2) is 17.6 Å². The highest BCUT2D eigenvalue weighted by atomic mass is 19.1. The second-order valence-electron chi connectivity index (χ2n) is 6.70. The summed E-state index contributed by atoms with van der Waals surface area (Å²) in [5.74, 6) is 0.241. The van der Waals surface area contributed by atoms with Gasteiger partial charge in [-0.3, -0.25) is 4.79 Å². The second kappa shape index (κ2) is 8.64. The zero-order valence-electron chi connectivity index (χ0n) is 15.1. The minimum absolute atomic E-state index is 0.0236. The fourth-order valence-corrected chi connectivity index (χ4v) is 2.92. The van der Waals surface area contributed by atoms with E-state index in [1.54, 1.807) is 18.2 Å². The molecule has 1 heterocycles. The molecule has 0 aliphatic carbocycles. The van der Waals surface area contributed by atoms with Crippen molar-refractivity contribution in [3.8, 4) is 11.3 Å². The van der Waals surface area contributed by atoms with Crippen LogP contribution in [0.3, 0.4) is 0 Å². The fraction of sp³-hybridized carbons (Fsp3) is 0.227. The van der Waals surface area contributed by atoms with E-state index in [9.17, 15) is 14.3 Å². The lowest BCUT2D eigenvalue weighted by Crippen LogP contribution is -2.28. The third-order valence-corrected chi connectivity index (χ3v) is 4.36. The molecule has 1 unspecified atom stereocenters. The lowest BCUT2D eigenvalue weighted by atomic mass is 9.99. The van der Waals surface area contributed by atoms with Crippen LogP contribution in [0.1, 0.15) is 28.4 Å². The van der Waals surface area contributed by atoms with E-state index in [4.69, 9.17) is 4.42 Å². The maximum absolute atomic E-state index is 13.0. The number of carbonyl (C=O) groups excluding carboxylic acids is 1. The van der Waals surface area contributed by atoms with Gasteiger partial charge in [0, 0.05) is 12.1 Å². The number of hydrogen-bond acceptors (Lipinski definition) is 3. The summed E-state index contributed by atoms with van der Waals surface area (Å²) in [5, 5.41) is 12.1. The lowest BCUT2D eigenvalue weighted by Gasteiger charge is -2.13. The van der Waals surface area contributed by atoms with Crippen LogP contribution in [0, 0.1) is 11.7 Å². The molecule has 0 radical (unpaired) electrons. The zero-order valence-corrected chi connectivity index (χ0v) is 15.1. The molecule has 0 aliphatic rings. The van der Waals surface area contributed by atoms with Gasteiger partial charge in [-0.2, -0.15) is 0 Å². The van der Waals surface area contributed by atoms with Gasteiger partial charge in [-0.05, 0) is 53.8 Å². The Labute approximate surface area is 157 Å². The van der Waals surface area contributed by atoms with Crippen molar-refractivity contribution in [1.82, 2.24) is 5.32 Å². The second-order valence-corrected chi connectivity index (χ2v) is 6.70. The van der Waals surface area contributed by atoms with E-state index >= 15 is 0 Å². The van der Waals surface area contributed by atoms with E-state index < -0.39 is 0 Å². The third-order valence-electron chi connectivity index (χ3n) is 4.36. The Morgan fingerprint density at radius 1 is 1.15 bits per heavy atom. The van der Waals surface area contributed by atoms with Crippen molar-refractivity contribution in [1.29, 1.82) is 0 Å². The number of hydrogen-bond donors (Lipinski definition) is 2. The van der Waals surface area contributed by atoms with Gasteiger partial charge >= 0.3 is 0 Å². The quantitative estimate of drug-likeness (QED) is 0.658. The van der Waals surface area contributed by atoms with Crippen LogP contribution in [0.2, 0.25) is 0 Å². The molecule has 5 heteroatoms. The van der Waals surface area contributed by atoms with Crippen molar-refractivity contribution in [3.63, 3.8) is 0 Å². The monoisotopic (exact) mass is 367 g/mol. The van der Waals surface area contributed by atoms with E-state index in [0.717, 1.165) is 17.5 Å². The first-order valence-corrected chi connectivity index (χ1v) is 8.86. The minimum atomic E-state index is -0.318. The first kappa shape index (κ1) is 18.9. The molecule has 0 saturated heterocycles. The van der Waals surface area contributed by atoms with Crippen LogP contribution >= 0.6 is 0 Å². The number of carbonyl (C=O) groups is 1. The number of furan rings is 1. The summed E-state index contributed by atoms with van der Waals surface area (Å²) in [7, 11) is 0. The SMILES string of the molecule is CC(CNC(=O)c1coc(-c2ccc(F)cc2)c1)Cc1cccc(CO)c1. The van der Waals surface area contributed by atoms with Crippen LogP contribution in [0.5, 0.6) is 0 Å². The first-order valence-electron chi connectivity index (χ1n) is 8.86. The number of aliphatic hydroxyl groups is 1. The van der Waals surface area contributed by atoms with Crippen molar-refractivity contribution in [2.75, 3.05) is 6.54 Å². The van der Waals surface area contributed by atoms with Gasteiger partial charge in [0.25, 0.3) is 5.91 Å². The summed E-state index contributed by atoms with van der Waals surface area (Å²) >= 11 is 0. The molecule has 140 valence electrons. The summed E-state index contributed by atoms with van der Waals surface area (Å²) in [6.07, 6.45) is 2.21. The molecular weight excluding hydrogens is 345 g/mol. The van der Waals surface area contributed by atoms with Crippen molar-refractivity contribution in [2.45, 2.75) is 20.0 Å².